The van der Waals surface area contributed by atoms with Crippen LogP contribution in [0.3, 0.4) is 0 Å². The molecule has 4 rings (SSSR count). The molecule has 2 fully saturated rings. The van der Waals surface area contributed by atoms with E-state index in [0.717, 1.165) is 31.8 Å². The van der Waals surface area contributed by atoms with E-state index >= 15 is 0 Å². The van der Waals surface area contributed by atoms with Crippen molar-refractivity contribution in [3.05, 3.63) is 39.1 Å². The molecule has 0 aromatic carbocycles. The zero-order valence-electron chi connectivity index (χ0n) is 13.0. The van der Waals surface area contributed by atoms with Gasteiger partial charge in [-0.25, -0.2) is 0 Å². The van der Waals surface area contributed by atoms with Crippen LogP contribution in [-0.4, -0.2) is 37.8 Å². The van der Waals surface area contributed by atoms with E-state index in [4.69, 9.17) is 0 Å². The number of pyridine rings is 1. The normalized spacial score (nSPS) is 18.8. The molecule has 126 valence electrons. The monoisotopic (exact) mass is 392 g/mol. The van der Waals surface area contributed by atoms with Crippen molar-refractivity contribution >= 4 is 27.3 Å². The Labute approximate surface area is 147 Å². The van der Waals surface area contributed by atoms with Crippen molar-refractivity contribution in [1.82, 2.24) is 19.7 Å². The standard InChI is InChI=1S/C15H17BrN6O2/c16-12-7-17-8-13(22(23)24)14(12)20-5-3-10(4-6-20)15-19-18-9-21(15)11-1-2-11/h7-11H,1-6H2. The van der Waals surface area contributed by atoms with Gasteiger partial charge in [0.05, 0.1) is 9.40 Å². The summed E-state index contributed by atoms with van der Waals surface area (Å²) in [6, 6.07) is 0.573. The molecule has 9 heteroatoms. The van der Waals surface area contributed by atoms with E-state index in [1.165, 1.54) is 19.0 Å². The highest BCUT2D eigenvalue weighted by Crippen LogP contribution is 2.41. The number of nitrogens with zero attached hydrogens (tertiary/aromatic N) is 6. The van der Waals surface area contributed by atoms with Gasteiger partial charge < -0.3 is 9.47 Å². The molecule has 2 aliphatic rings. The van der Waals surface area contributed by atoms with Crippen molar-refractivity contribution in [3.63, 3.8) is 0 Å². The summed E-state index contributed by atoms with van der Waals surface area (Å²) < 4.78 is 2.88. The Bertz CT molecular complexity index is 767. The van der Waals surface area contributed by atoms with Gasteiger partial charge in [0.25, 0.3) is 0 Å². The van der Waals surface area contributed by atoms with Gasteiger partial charge >= 0.3 is 5.69 Å². The zero-order valence-corrected chi connectivity index (χ0v) is 14.6. The fourth-order valence-electron chi connectivity index (χ4n) is 3.40. The fraction of sp³-hybridized carbons (Fsp3) is 0.533. The highest BCUT2D eigenvalue weighted by Gasteiger charge is 2.32. The number of hydrogen-bond acceptors (Lipinski definition) is 6. The second-order valence-electron chi connectivity index (χ2n) is 6.34. The van der Waals surface area contributed by atoms with Crippen LogP contribution in [0.25, 0.3) is 0 Å². The SMILES string of the molecule is O=[N+]([O-])c1cncc(Br)c1N1CCC(c2nncn2C2CC2)CC1. The molecule has 3 heterocycles. The Morgan fingerprint density at radius 1 is 1.21 bits per heavy atom. The van der Waals surface area contributed by atoms with Gasteiger partial charge in [-0.05, 0) is 41.6 Å². The van der Waals surface area contributed by atoms with Gasteiger partial charge in [-0.3, -0.25) is 15.1 Å². The van der Waals surface area contributed by atoms with Crippen LogP contribution in [0, 0.1) is 10.1 Å². The van der Waals surface area contributed by atoms with Gasteiger partial charge in [-0.15, -0.1) is 10.2 Å². The fourth-order valence-corrected chi connectivity index (χ4v) is 3.98. The molecule has 1 saturated carbocycles. The molecular weight excluding hydrogens is 376 g/mol. The summed E-state index contributed by atoms with van der Waals surface area (Å²) in [4.78, 5) is 16.9. The summed E-state index contributed by atoms with van der Waals surface area (Å²) >= 11 is 3.41. The molecule has 1 saturated heterocycles. The molecule has 2 aromatic heterocycles. The third-order valence-corrected chi connectivity index (χ3v) is 5.35. The molecule has 1 aliphatic heterocycles. The summed E-state index contributed by atoms with van der Waals surface area (Å²) in [5.74, 6) is 1.43. The van der Waals surface area contributed by atoms with E-state index in [0.29, 0.717) is 22.1 Å². The van der Waals surface area contributed by atoms with E-state index in [2.05, 4.69) is 40.6 Å². The molecule has 0 spiro atoms. The lowest BCUT2D eigenvalue weighted by Gasteiger charge is -2.33. The highest BCUT2D eigenvalue weighted by molar-refractivity contribution is 9.10. The zero-order chi connectivity index (χ0) is 16.7. The van der Waals surface area contributed by atoms with Gasteiger partial charge in [-0.2, -0.15) is 0 Å². The average Bonchev–Trinajstić information content (AvgIpc) is 3.32. The third kappa shape index (κ3) is 2.77. The second-order valence-corrected chi connectivity index (χ2v) is 7.19. The first-order valence-corrected chi connectivity index (χ1v) is 8.86. The molecule has 0 unspecified atom stereocenters. The van der Waals surface area contributed by atoms with Crippen molar-refractivity contribution in [1.29, 1.82) is 0 Å². The number of anilines is 1. The second kappa shape index (κ2) is 6.12. The molecule has 0 atom stereocenters. The Morgan fingerprint density at radius 3 is 2.62 bits per heavy atom. The van der Waals surface area contributed by atoms with Crippen molar-refractivity contribution in [3.8, 4) is 0 Å². The number of hydrogen-bond donors (Lipinski definition) is 0. The predicted molar refractivity (Wildman–Crippen MR) is 91.1 cm³/mol. The van der Waals surface area contributed by atoms with Crippen LogP contribution >= 0.6 is 15.9 Å². The number of nitro groups is 1. The highest BCUT2D eigenvalue weighted by atomic mass is 79.9. The summed E-state index contributed by atoms with van der Waals surface area (Å²) in [5.41, 5.74) is 0.668. The molecule has 0 amide bonds. The van der Waals surface area contributed by atoms with Crippen LogP contribution in [0.5, 0.6) is 0 Å². The summed E-state index contributed by atoms with van der Waals surface area (Å²) in [6.07, 6.45) is 9.01. The lowest BCUT2D eigenvalue weighted by Crippen LogP contribution is -2.34. The molecule has 0 N–H and O–H groups in total. The average molecular weight is 393 g/mol. The summed E-state index contributed by atoms with van der Waals surface area (Å²) in [5, 5.41) is 19.7. The van der Waals surface area contributed by atoms with Crippen LogP contribution in [0.4, 0.5) is 11.4 Å². The quantitative estimate of drug-likeness (QED) is 0.586. The van der Waals surface area contributed by atoms with E-state index in [1.807, 2.05) is 6.33 Å². The minimum atomic E-state index is -0.372. The smallest absolute Gasteiger partial charge is 0.311 e. The lowest BCUT2D eigenvalue weighted by molar-refractivity contribution is -0.384. The Balaban J connectivity index is 1.53. The molecular formula is C15H17BrN6O2. The van der Waals surface area contributed by atoms with Gasteiger partial charge in [-0.1, -0.05) is 0 Å². The first kappa shape index (κ1) is 15.5. The number of halogens is 1. The predicted octanol–water partition coefficient (Wildman–Crippen LogP) is 3.06. The van der Waals surface area contributed by atoms with Gasteiger partial charge in [0.15, 0.2) is 0 Å². The van der Waals surface area contributed by atoms with E-state index < -0.39 is 0 Å². The maximum atomic E-state index is 11.3. The van der Waals surface area contributed by atoms with Crippen LogP contribution in [0.2, 0.25) is 0 Å². The molecule has 2 aromatic rings. The van der Waals surface area contributed by atoms with Crippen molar-refractivity contribution in [2.45, 2.75) is 37.6 Å². The van der Waals surface area contributed by atoms with Gasteiger partial charge in [0.2, 0.25) is 0 Å². The number of piperidine rings is 1. The lowest BCUT2D eigenvalue weighted by atomic mass is 9.95. The van der Waals surface area contributed by atoms with Crippen molar-refractivity contribution in [2.75, 3.05) is 18.0 Å². The maximum Gasteiger partial charge on any atom is 0.311 e. The maximum absolute atomic E-state index is 11.3. The number of aromatic nitrogens is 4. The Hall–Kier alpha value is -2.03. The Kier molecular flexibility index (Phi) is 3.95. The minimum Gasteiger partial charge on any atom is -0.365 e. The van der Waals surface area contributed by atoms with Crippen LogP contribution in [0.15, 0.2) is 23.2 Å². The van der Waals surface area contributed by atoms with Crippen LogP contribution < -0.4 is 4.90 Å². The minimum absolute atomic E-state index is 0.0453. The number of rotatable bonds is 4. The largest absolute Gasteiger partial charge is 0.365 e. The topological polar surface area (TPSA) is 90.0 Å². The van der Waals surface area contributed by atoms with Crippen LogP contribution in [0.1, 0.15) is 43.5 Å². The summed E-state index contributed by atoms with van der Waals surface area (Å²) in [6.45, 7) is 1.51. The molecule has 0 bridgehead atoms. The first-order chi connectivity index (χ1) is 11.6. The van der Waals surface area contributed by atoms with Crippen molar-refractivity contribution in [2.24, 2.45) is 0 Å². The third-order valence-electron chi connectivity index (χ3n) is 4.77. The molecule has 24 heavy (non-hydrogen) atoms. The van der Waals surface area contributed by atoms with Crippen LogP contribution in [-0.2, 0) is 0 Å². The molecule has 1 aliphatic carbocycles. The van der Waals surface area contributed by atoms with E-state index in [1.54, 1.807) is 6.20 Å². The van der Waals surface area contributed by atoms with Crippen molar-refractivity contribution < 1.29 is 4.92 Å². The molecule has 0 radical (unpaired) electrons. The van der Waals surface area contributed by atoms with E-state index in [-0.39, 0.29) is 10.6 Å². The van der Waals surface area contributed by atoms with Gasteiger partial charge in [0.1, 0.15) is 24.0 Å². The molecule has 8 nitrogen and oxygen atoms in total. The van der Waals surface area contributed by atoms with E-state index in [9.17, 15) is 10.1 Å². The summed E-state index contributed by atoms with van der Waals surface area (Å²) in [7, 11) is 0. The first-order valence-electron chi connectivity index (χ1n) is 8.07. The van der Waals surface area contributed by atoms with Gasteiger partial charge in [0, 0.05) is 31.2 Å². The Morgan fingerprint density at radius 2 is 1.96 bits per heavy atom.